The van der Waals surface area contributed by atoms with Crippen molar-refractivity contribution in [1.82, 2.24) is 9.55 Å². The molecule has 1 aromatic carbocycles. The Morgan fingerprint density at radius 1 is 1.37 bits per heavy atom. The molecular formula is C12H10ClN3O3. The number of aryl methyl sites for hydroxylation is 1. The molecule has 0 aliphatic carbocycles. The Balaban J connectivity index is 2.26. The van der Waals surface area contributed by atoms with Crippen LogP contribution in [-0.2, 0) is 7.05 Å². The van der Waals surface area contributed by atoms with Crippen molar-refractivity contribution in [3.63, 3.8) is 0 Å². The van der Waals surface area contributed by atoms with Crippen molar-refractivity contribution in [3.8, 4) is 0 Å². The van der Waals surface area contributed by atoms with E-state index >= 15 is 0 Å². The Kier molecular flexibility index (Phi) is 3.52. The normalized spacial score (nSPS) is 10.2. The molecule has 6 nitrogen and oxygen atoms in total. The number of hydrogen-bond donors (Lipinski definition) is 2. The number of aromatic nitrogens is 2. The van der Waals surface area contributed by atoms with Gasteiger partial charge in [0.25, 0.3) is 5.91 Å². The number of carboxylic acid groups (broad SMARTS) is 1. The second-order valence-corrected chi connectivity index (χ2v) is 4.31. The Morgan fingerprint density at radius 2 is 2.11 bits per heavy atom. The Labute approximate surface area is 113 Å². The quantitative estimate of drug-likeness (QED) is 0.900. The topological polar surface area (TPSA) is 84.2 Å². The van der Waals surface area contributed by atoms with E-state index < -0.39 is 11.9 Å². The number of nitrogens with zero attached hydrogens (tertiary/aromatic N) is 2. The Bertz CT molecular complexity index is 651. The van der Waals surface area contributed by atoms with E-state index in [1.165, 1.54) is 30.7 Å². The largest absolute Gasteiger partial charge is 0.478 e. The van der Waals surface area contributed by atoms with Gasteiger partial charge < -0.3 is 15.0 Å². The van der Waals surface area contributed by atoms with E-state index in [0.29, 0.717) is 11.4 Å². The number of carbonyl (C=O) groups excluding carboxylic acids is 1. The van der Waals surface area contributed by atoms with Crippen molar-refractivity contribution in [1.29, 1.82) is 0 Å². The first-order valence-electron chi connectivity index (χ1n) is 5.29. The molecule has 0 bridgehead atoms. The van der Waals surface area contributed by atoms with Crippen molar-refractivity contribution >= 4 is 29.2 Å². The summed E-state index contributed by atoms with van der Waals surface area (Å²) in [5, 5.41) is 11.7. The number of carbonyl (C=O) groups is 2. The van der Waals surface area contributed by atoms with Crippen molar-refractivity contribution in [2.45, 2.75) is 0 Å². The van der Waals surface area contributed by atoms with Gasteiger partial charge in [-0.1, -0.05) is 11.6 Å². The molecule has 0 fully saturated rings. The lowest BCUT2D eigenvalue weighted by molar-refractivity contribution is 0.0696. The summed E-state index contributed by atoms with van der Waals surface area (Å²) >= 11 is 5.80. The van der Waals surface area contributed by atoms with Gasteiger partial charge in [0.1, 0.15) is 5.69 Å². The van der Waals surface area contributed by atoms with Gasteiger partial charge in [0.15, 0.2) is 0 Å². The lowest BCUT2D eigenvalue weighted by atomic mass is 10.2. The van der Waals surface area contributed by atoms with Crippen molar-refractivity contribution < 1.29 is 14.7 Å². The number of amides is 1. The lowest BCUT2D eigenvalue weighted by Crippen LogP contribution is -2.15. The maximum atomic E-state index is 11.9. The van der Waals surface area contributed by atoms with Crippen LogP contribution in [0.3, 0.4) is 0 Å². The highest BCUT2D eigenvalue weighted by molar-refractivity contribution is 6.31. The molecule has 2 aromatic rings. The molecule has 7 heteroatoms. The predicted molar refractivity (Wildman–Crippen MR) is 69.6 cm³/mol. The van der Waals surface area contributed by atoms with E-state index in [4.69, 9.17) is 16.7 Å². The van der Waals surface area contributed by atoms with Crippen LogP contribution in [0.4, 0.5) is 5.69 Å². The maximum Gasteiger partial charge on any atom is 0.335 e. The molecule has 0 aliphatic rings. The van der Waals surface area contributed by atoms with Crippen LogP contribution in [0.15, 0.2) is 30.7 Å². The number of aromatic carboxylic acids is 1. The third-order valence-corrected chi connectivity index (χ3v) is 2.67. The summed E-state index contributed by atoms with van der Waals surface area (Å²) in [6.07, 6.45) is 2.91. The first kappa shape index (κ1) is 13.1. The highest BCUT2D eigenvalue weighted by Gasteiger charge is 2.12. The van der Waals surface area contributed by atoms with E-state index in [1.54, 1.807) is 11.6 Å². The van der Waals surface area contributed by atoms with Gasteiger partial charge in [-0.3, -0.25) is 4.79 Å². The highest BCUT2D eigenvalue weighted by Crippen LogP contribution is 2.19. The van der Waals surface area contributed by atoms with Crippen LogP contribution in [0.5, 0.6) is 0 Å². The fraction of sp³-hybridized carbons (Fsp3) is 0.0833. The summed E-state index contributed by atoms with van der Waals surface area (Å²) in [5.41, 5.74) is 0.681. The Morgan fingerprint density at radius 3 is 2.68 bits per heavy atom. The van der Waals surface area contributed by atoms with Crippen LogP contribution in [0.25, 0.3) is 0 Å². The predicted octanol–water partition coefficient (Wildman–Crippen LogP) is 2.02. The molecule has 0 saturated heterocycles. The molecule has 2 rings (SSSR count). The zero-order chi connectivity index (χ0) is 14.0. The third kappa shape index (κ3) is 2.92. The van der Waals surface area contributed by atoms with Crippen LogP contribution < -0.4 is 5.32 Å². The van der Waals surface area contributed by atoms with Crippen LogP contribution in [0.1, 0.15) is 20.8 Å². The number of hydrogen-bond acceptors (Lipinski definition) is 3. The van der Waals surface area contributed by atoms with Crippen LogP contribution in [0.2, 0.25) is 5.02 Å². The number of benzene rings is 1. The number of nitrogens with one attached hydrogen (secondary N) is 1. The molecule has 0 unspecified atom stereocenters. The smallest absolute Gasteiger partial charge is 0.335 e. The van der Waals surface area contributed by atoms with Gasteiger partial charge in [-0.25, -0.2) is 9.78 Å². The summed E-state index contributed by atoms with van der Waals surface area (Å²) in [6, 6.07) is 4.12. The van der Waals surface area contributed by atoms with E-state index in [9.17, 15) is 9.59 Å². The molecule has 0 atom stereocenters. The highest BCUT2D eigenvalue weighted by atomic mass is 35.5. The van der Waals surface area contributed by atoms with Gasteiger partial charge in [-0.15, -0.1) is 0 Å². The lowest BCUT2D eigenvalue weighted by Gasteiger charge is -2.07. The molecule has 1 heterocycles. The van der Waals surface area contributed by atoms with Gasteiger partial charge in [0, 0.05) is 17.8 Å². The van der Waals surface area contributed by atoms with E-state index in [2.05, 4.69) is 10.3 Å². The average Bonchev–Trinajstić information content (AvgIpc) is 2.74. The van der Waals surface area contributed by atoms with E-state index in [-0.39, 0.29) is 10.6 Å². The van der Waals surface area contributed by atoms with Gasteiger partial charge in [0.2, 0.25) is 0 Å². The van der Waals surface area contributed by atoms with Crippen LogP contribution in [-0.4, -0.2) is 26.5 Å². The summed E-state index contributed by atoms with van der Waals surface area (Å²) in [5.74, 6) is -1.50. The molecule has 19 heavy (non-hydrogen) atoms. The van der Waals surface area contributed by atoms with Crippen molar-refractivity contribution in [2.24, 2.45) is 7.05 Å². The summed E-state index contributed by atoms with van der Waals surface area (Å²) < 4.78 is 1.55. The fourth-order valence-electron chi connectivity index (χ4n) is 1.56. The third-order valence-electron chi connectivity index (χ3n) is 2.45. The number of imidazole rings is 1. The molecule has 98 valence electrons. The zero-order valence-electron chi connectivity index (χ0n) is 9.92. The standard InChI is InChI=1S/C12H10ClN3O3/c1-16-6-14-5-10(16)11(17)15-9-3-7(12(18)19)2-8(13)4-9/h2-6H,1H3,(H,15,17)(H,18,19). The number of carboxylic acids is 1. The minimum Gasteiger partial charge on any atom is -0.478 e. The molecule has 1 amide bonds. The number of halogens is 1. The van der Waals surface area contributed by atoms with Crippen LogP contribution >= 0.6 is 11.6 Å². The number of rotatable bonds is 3. The molecule has 0 saturated carbocycles. The molecule has 0 aliphatic heterocycles. The molecule has 2 N–H and O–H groups in total. The van der Waals surface area contributed by atoms with Crippen LogP contribution in [0, 0.1) is 0 Å². The fourth-order valence-corrected chi connectivity index (χ4v) is 1.79. The first-order valence-corrected chi connectivity index (χ1v) is 5.66. The minimum atomic E-state index is -1.11. The molecule has 0 spiro atoms. The Hall–Kier alpha value is -2.34. The van der Waals surface area contributed by atoms with Crippen molar-refractivity contribution in [2.75, 3.05) is 5.32 Å². The van der Waals surface area contributed by atoms with Gasteiger partial charge in [-0.05, 0) is 18.2 Å². The monoisotopic (exact) mass is 279 g/mol. The second kappa shape index (κ2) is 5.11. The van der Waals surface area contributed by atoms with Crippen molar-refractivity contribution in [3.05, 3.63) is 47.0 Å². The maximum absolute atomic E-state index is 11.9. The molecule has 0 radical (unpaired) electrons. The average molecular weight is 280 g/mol. The van der Waals surface area contributed by atoms with Gasteiger partial charge in [-0.2, -0.15) is 0 Å². The summed E-state index contributed by atoms with van der Waals surface area (Å²) in [7, 11) is 1.68. The minimum absolute atomic E-state index is 0.00723. The van der Waals surface area contributed by atoms with Gasteiger partial charge in [0.05, 0.1) is 18.1 Å². The summed E-state index contributed by atoms with van der Waals surface area (Å²) in [6.45, 7) is 0. The summed E-state index contributed by atoms with van der Waals surface area (Å²) in [4.78, 5) is 26.6. The molecular weight excluding hydrogens is 270 g/mol. The molecule has 1 aromatic heterocycles. The first-order chi connectivity index (χ1) is 8.97. The van der Waals surface area contributed by atoms with Gasteiger partial charge >= 0.3 is 5.97 Å². The SMILES string of the molecule is Cn1cncc1C(=O)Nc1cc(Cl)cc(C(=O)O)c1. The van der Waals surface area contributed by atoms with E-state index in [1.807, 2.05) is 0 Å². The zero-order valence-corrected chi connectivity index (χ0v) is 10.7. The van der Waals surface area contributed by atoms with E-state index in [0.717, 1.165) is 0 Å². The number of anilines is 1. The second-order valence-electron chi connectivity index (χ2n) is 3.88.